The molecule has 7 heteroatoms. The molecule has 1 atom stereocenters. The second-order valence-electron chi connectivity index (χ2n) is 7.11. The Morgan fingerprint density at radius 1 is 1.00 bits per heavy atom. The molecule has 0 radical (unpaired) electrons. The Morgan fingerprint density at radius 3 is 2.38 bits per heavy atom. The molecule has 0 saturated carbocycles. The maximum Gasteiger partial charge on any atom is 0.265 e. The number of methoxy groups -OCH3 is 2. The van der Waals surface area contributed by atoms with Crippen molar-refractivity contribution in [2.75, 3.05) is 25.7 Å². The number of nitrogens with zero attached hydrogens (tertiary/aromatic N) is 2. The van der Waals surface area contributed by atoms with Gasteiger partial charge in [0.15, 0.2) is 0 Å². The third-order valence-electron chi connectivity index (χ3n) is 5.45. The molecule has 150 valence electrons. The van der Waals surface area contributed by atoms with Crippen molar-refractivity contribution in [3.05, 3.63) is 53.6 Å². The van der Waals surface area contributed by atoms with Gasteiger partial charge in [0.2, 0.25) is 0 Å². The van der Waals surface area contributed by atoms with Gasteiger partial charge in [-0.05, 0) is 43.5 Å². The summed E-state index contributed by atoms with van der Waals surface area (Å²) in [7, 11) is 2.99. The van der Waals surface area contributed by atoms with Gasteiger partial charge < -0.3 is 14.4 Å². The molecule has 2 aliphatic heterocycles. The number of carbonyl (C=O) groups excluding carboxylic acids is 3. The molecular weight excluding hydrogens is 372 g/mol. The van der Waals surface area contributed by atoms with E-state index in [1.54, 1.807) is 47.4 Å². The highest BCUT2D eigenvalue weighted by atomic mass is 16.5. The molecule has 1 saturated heterocycles. The zero-order valence-corrected chi connectivity index (χ0v) is 16.4. The maximum absolute atomic E-state index is 13.5. The van der Waals surface area contributed by atoms with Gasteiger partial charge in [0.1, 0.15) is 17.5 Å². The van der Waals surface area contributed by atoms with Crippen molar-refractivity contribution in [2.45, 2.75) is 25.3 Å². The van der Waals surface area contributed by atoms with Crippen molar-refractivity contribution >= 4 is 23.4 Å². The van der Waals surface area contributed by atoms with Crippen LogP contribution in [0.15, 0.2) is 42.5 Å². The first-order valence-corrected chi connectivity index (χ1v) is 9.56. The van der Waals surface area contributed by atoms with Crippen LogP contribution in [0.5, 0.6) is 11.5 Å². The van der Waals surface area contributed by atoms with Crippen molar-refractivity contribution in [1.82, 2.24) is 4.90 Å². The number of rotatable bonds is 3. The Hall–Kier alpha value is -3.35. The van der Waals surface area contributed by atoms with E-state index in [2.05, 4.69) is 0 Å². The number of hydrogen-bond donors (Lipinski definition) is 0. The fourth-order valence-electron chi connectivity index (χ4n) is 3.97. The summed E-state index contributed by atoms with van der Waals surface area (Å²) in [6.45, 7) is 0.512. The van der Waals surface area contributed by atoms with Gasteiger partial charge in [-0.3, -0.25) is 14.4 Å². The summed E-state index contributed by atoms with van der Waals surface area (Å²) in [5.41, 5.74) is 0.915. The maximum atomic E-state index is 13.5. The quantitative estimate of drug-likeness (QED) is 0.749. The molecule has 1 unspecified atom stereocenters. The van der Waals surface area contributed by atoms with Crippen LogP contribution in [-0.4, -0.2) is 49.4 Å². The summed E-state index contributed by atoms with van der Waals surface area (Å²) < 4.78 is 10.5. The molecular formula is C22H22N2O5. The normalized spacial score (nSPS) is 18.6. The molecule has 7 nitrogen and oxygen atoms in total. The Bertz CT molecular complexity index is 965. The van der Waals surface area contributed by atoms with E-state index in [-0.39, 0.29) is 17.4 Å². The fraction of sp³-hybridized carbons (Fsp3) is 0.318. The van der Waals surface area contributed by atoms with Crippen LogP contribution in [-0.2, 0) is 4.79 Å². The van der Waals surface area contributed by atoms with Gasteiger partial charge in [0.25, 0.3) is 17.7 Å². The van der Waals surface area contributed by atoms with E-state index in [1.807, 2.05) is 0 Å². The Kier molecular flexibility index (Phi) is 4.96. The average molecular weight is 394 g/mol. The van der Waals surface area contributed by atoms with Gasteiger partial charge in [0, 0.05) is 18.2 Å². The summed E-state index contributed by atoms with van der Waals surface area (Å²) in [6, 6.07) is 10.9. The fourth-order valence-corrected chi connectivity index (χ4v) is 3.97. The van der Waals surface area contributed by atoms with Crippen LogP contribution in [0, 0.1) is 0 Å². The van der Waals surface area contributed by atoms with Crippen LogP contribution >= 0.6 is 0 Å². The van der Waals surface area contributed by atoms with E-state index in [0.717, 1.165) is 17.7 Å². The Morgan fingerprint density at radius 2 is 1.69 bits per heavy atom. The van der Waals surface area contributed by atoms with Crippen LogP contribution in [0.2, 0.25) is 0 Å². The number of fused-ring (bicyclic) bond motifs is 2. The smallest absolute Gasteiger partial charge is 0.265 e. The Labute approximate surface area is 168 Å². The molecule has 1 fully saturated rings. The summed E-state index contributed by atoms with van der Waals surface area (Å²) in [4.78, 5) is 42.8. The first-order valence-electron chi connectivity index (χ1n) is 9.56. The molecule has 4 rings (SSSR count). The lowest BCUT2D eigenvalue weighted by Gasteiger charge is -2.34. The number of carbonyl (C=O) groups is 3. The van der Waals surface area contributed by atoms with Crippen molar-refractivity contribution in [1.29, 1.82) is 0 Å². The molecule has 0 spiro atoms. The van der Waals surface area contributed by atoms with Crippen molar-refractivity contribution < 1.29 is 23.9 Å². The predicted octanol–water partition coefficient (Wildman–Crippen LogP) is 2.89. The van der Waals surface area contributed by atoms with Crippen LogP contribution in [0.1, 0.15) is 40.0 Å². The minimum absolute atomic E-state index is 0.211. The lowest BCUT2D eigenvalue weighted by atomic mass is 10.0. The number of anilines is 1. The molecule has 0 bridgehead atoms. The van der Waals surface area contributed by atoms with Crippen LogP contribution in [0.25, 0.3) is 0 Å². The lowest BCUT2D eigenvalue weighted by molar-refractivity contribution is -0.123. The second-order valence-corrected chi connectivity index (χ2v) is 7.11. The summed E-state index contributed by atoms with van der Waals surface area (Å²) >= 11 is 0. The van der Waals surface area contributed by atoms with Crippen molar-refractivity contribution in [3.8, 4) is 11.5 Å². The zero-order chi connectivity index (χ0) is 20.5. The summed E-state index contributed by atoms with van der Waals surface area (Å²) in [5.74, 6) is -0.218. The highest BCUT2D eigenvalue weighted by Gasteiger charge is 2.43. The Balaban J connectivity index is 1.85. The third-order valence-corrected chi connectivity index (χ3v) is 5.45. The number of hydrogen-bond acceptors (Lipinski definition) is 5. The number of ether oxygens (including phenoxy) is 2. The highest BCUT2D eigenvalue weighted by molar-refractivity contribution is 6.26. The third kappa shape index (κ3) is 3.22. The van der Waals surface area contributed by atoms with Gasteiger partial charge >= 0.3 is 0 Å². The molecule has 0 aliphatic carbocycles. The molecule has 0 aromatic heterocycles. The van der Waals surface area contributed by atoms with Gasteiger partial charge in [-0.1, -0.05) is 12.1 Å². The largest absolute Gasteiger partial charge is 0.497 e. The topological polar surface area (TPSA) is 76.2 Å². The van der Waals surface area contributed by atoms with E-state index in [4.69, 9.17) is 9.47 Å². The molecule has 2 aromatic carbocycles. The molecule has 29 heavy (non-hydrogen) atoms. The predicted molar refractivity (Wildman–Crippen MR) is 106 cm³/mol. The SMILES string of the molecule is COc1cc(OC)cc(C(=O)N2C(=O)C3CCCCN3C(=O)c3ccccc32)c1. The lowest BCUT2D eigenvalue weighted by Crippen LogP contribution is -2.52. The van der Waals surface area contributed by atoms with Crippen molar-refractivity contribution in [2.24, 2.45) is 0 Å². The van der Waals surface area contributed by atoms with E-state index in [9.17, 15) is 14.4 Å². The molecule has 2 aromatic rings. The van der Waals surface area contributed by atoms with E-state index in [0.29, 0.717) is 35.7 Å². The number of imide groups is 1. The number of piperidine rings is 1. The second kappa shape index (κ2) is 7.58. The zero-order valence-electron chi connectivity index (χ0n) is 16.4. The van der Waals surface area contributed by atoms with Crippen LogP contribution in [0.3, 0.4) is 0 Å². The van der Waals surface area contributed by atoms with Gasteiger partial charge in [-0.25, -0.2) is 4.90 Å². The van der Waals surface area contributed by atoms with Gasteiger partial charge in [-0.15, -0.1) is 0 Å². The molecule has 0 N–H and O–H groups in total. The van der Waals surface area contributed by atoms with E-state index >= 15 is 0 Å². The number of amides is 3. The van der Waals surface area contributed by atoms with Gasteiger partial charge in [0.05, 0.1) is 25.5 Å². The minimum Gasteiger partial charge on any atom is -0.497 e. The first kappa shape index (κ1) is 19.0. The number of benzene rings is 2. The van der Waals surface area contributed by atoms with E-state index in [1.165, 1.54) is 14.2 Å². The van der Waals surface area contributed by atoms with E-state index < -0.39 is 11.9 Å². The molecule has 2 heterocycles. The summed E-state index contributed by atoms with van der Waals surface area (Å²) in [5, 5.41) is 0. The van der Waals surface area contributed by atoms with Crippen molar-refractivity contribution in [3.63, 3.8) is 0 Å². The monoisotopic (exact) mass is 394 g/mol. The number of para-hydroxylation sites is 1. The van der Waals surface area contributed by atoms with Crippen LogP contribution < -0.4 is 14.4 Å². The van der Waals surface area contributed by atoms with Gasteiger partial charge in [-0.2, -0.15) is 0 Å². The first-order chi connectivity index (χ1) is 14.0. The summed E-state index contributed by atoms with van der Waals surface area (Å²) in [6.07, 6.45) is 2.23. The molecule has 2 aliphatic rings. The molecule has 3 amide bonds. The minimum atomic E-state index is -0.639. The average Bonchev–Trinajstić information content (AvgIpc) is 2.86. The van der Waals surface area contributed by atoms with Crippen LogP contribution in [0.4, 0.5) is 5.69 Å². The highest BCUT2D eigenvalue weighted by Crippen LogP contribution is 2.33. The standard InChI is InChI=1S/C22H22N2O5/c1-28-15-11-14(12-16(13-15)29-2)20(25)24-18-8-4-3-7-17(18)21(26)23-10-6-5-9-19(23)22(24)27/h3-4,7-8,11-13,19H,5-6,9-10H2,1-2H3.